The molecule has 0 spiro atoms. The van der Waals surface area contributed by atoms with Gasteiger partial charge in [-0.3, -0.25) is 4.90 Å². The number of allylic oxidation sites excluding steroid dienone is 1. The summed E-state index contributed by atoms with van der Waals surface area (Å²) in [7, 11) is 0. The van der Waals surface area contributed by atoms with Gasteiger partial charge in [0.25, 0.3) is 5.89 Å². The molecule has 1 atom stereocenters. The second-order valence-electron chi connectivity index (χ2n) is 7.00. The number of nitrogens with one attached hydrogen (secondary N) is 1. The molecule has 154 valence electrons. The van der Waals surface area contributed by atoms with E-state index >= 15 is 0 Å². The van der Waals surface area contributed by atoms with Crippen molar-refractivity contribution in [3.8, 4) is 10.7 Å². The zero-order valence-corrected chi connectivity index (χ0v) is 18.0. The van der Waals surface area contributed by atoms with Crippen LogP contribution in [0.5, 0.6) is 0 Å². The minimum absolute atomic E-state index is 0.231. The maximum absolute atomic E-state index is 13.1. The van der Waals surface area contributed by atoms with Crippen molar-refractivity contribution in [1.82, 2.24) is 15.5 Å². The molecular formula is C23H17ClN4O2S. The van der Waals surface area contributed by atoms with E-state index in [2.05, 4.69) is 15.5 Å². The Bertz CT molecular complexity index is 1250. The van der Waals surface area contributed by atoms with Crippen molar-refractivity contribution in [2.24, 2.45) is 0 Å². The first kappa shape index (κ1) is 19.5. The fraction of sp³-hybridized carbons (Fsp3) is 0.0870. The zero-order chi connectivity index (χ0) is 21.4. The molecule has 1 unspecified atom stereocenters. The fourth-order valence-corrected chi connectivity index (χ4v) is 4.43. The van der Waals surface area contributed by atoms with Crippen LogP contribution in [-0.2, 0) is 0 Å². The molecule has 1 aliphatic heterocycles. The summed E-state index contributed by atoms with van der Waals surface area (Å²) in [6.07, 6.45) is 0. The Morgan fingerprint density at radius 2 is 1.84 bits per heavy atom. The summed E-state index contributed by atoms with van der Waals surface area (Å²) in [5.74, 6) is 0.880. The van der Waals surface area contributed by atoms with Crippen LogP contribution in [0.25, 0.3) is 16.3 Å². The smallest absolute Gasteiger partial charge is 0.326 e. The van der Waals surface area contributed by atoms with E-state index in [1.807, 2.05) is 66.9 Å². The third-order valence-corrected chi connectivity index (χ3v) is 6.22. The van der Waals surface area contributed by atoms with Gasteiger partial charge in [0.1, 0.15) is 0 Å². The molecule has 2 aromatic heterocycles. The third kappa shape index (κ3) is 3.62. The van der Waals surface area contributed by atoms with E-state index in [1.165, 1.54) is 11.3 Å². The highest BCUT2D eigenvalue weighted by atomic mass is 35.5. The lowest BCUT2D eigenvalue weighted by Gasteiger charge is -2.35. The molecule has 0 saturated heterocycles. The fourth-order valence-electron chi connectivity index (χ4n) is 3.65. The Morgan fingerprint density at radius 3 is 2.55 bits per heavy atom. The Morgan fingerprint density at radius 1 is 1.06 bits per heavy atom. The molecule has 0 bridgehead atoms. The first-order valence-electron chi connectivity index (χ1n) is 9.61. The number of amides is 2. The number of benzene rings is 2. The van der Waals surface area contributed by atoms with E-state index in [0.29, 0.717) is 16.7 Å². The number of halogens is 1. The van der Waals surface area contributed by atoms with Crippen LogP contribution in [0.4, 0.5) is 10.5 Å². The number of carbonyl (C=O) groups is 1. The first-order valence-corrected chi connectivity index (χ1v) is 10.9. The van der Waals surface area contributed by atoms with Crippen LogP contribution < -0.4 is 10.2 Å². The number of rotatable bonds is 4. The van der Waals surface area contributed by atoms with Crippen molar-refractivity contribution in [3.05, 3.63) is 94.3 Å². The van der Waals surface area contributed by atoms with Crippen molar-refractivity contribution < 1.29 is 9.32 Å². The number of hydrogen-bond donors (Lipinski definition) is 1. The second-order valence-corrected chi connectivity index (χ2v) is 8.39. The number of anilines is 1. The van der Waals surface area contributed by atoms with Gasteiger partial charge in [-0.1, -0.05) is 53.2 Å². The van der Waals surface area contributed by atoms with Gasteiger partial charge in [-0.15, -0.1) is 11.3 Å². The van der Waals surface area contributed by atoms with Crippen molar-refractivity contribution in [3.63, 3.8) is 0 Å². The molecule has 31 heavy (non-hydrogen) atoms. The summed E-state index contributed by atoms with van der Waals surface area (Å²) in [5.41, 5.74) is 3.08. The van der Waals surface area contributed by atoms with Crippen LogP contribution in [0.3, 0.4) is 0 Å². The van der Waals surface area contributed by atoms with Crippen LogP contribution in [0.2, 0.25) is 5.02 Å². The molecule has 5 rings (SSSR count). The average Bonchev–Trinajstić information content (AvgIpc) is 3.47. The van der Waals surface area contributed by atoms with E-state index in [1.54, 1.807) is 17.0 Å². The van der Waals surface area contributed by atoms with Gasteiger partial charge in [-0.2, -0.15) is 4.98 Å². The largest absolute Gasteiger partial charge is 0.334 e. The number of urea groups is 1. The molecule has 2 amide bonds. The number of aromatic nitrogens is 2. The molecule has 0 fully saturated rings. The molecular weight excluding hydrogens is 432 g/mol. The molecule has 6 nitrogen and oxygen atoms in total. The number of nitrogens with zero attached hydrogens (tertiary/aromatic N) is 3. The van der Waals surface area contributed by atoms with Gasteiger partial charge >= 0.3 is 6.03 Å². The standard InChI is InChI=1S/C23H17ClN4O2S/c1-14-19(22-26-21(27-30-22)18-8-5-13-31-18)20(15-9-11-16(24)12-10-15)25-23(29)28(14)17-6-3-2-4-7-17/h2-13,20H,1H3,(H,25,29). The Balaban J connectivity index is 1.66. The van der Waals surface area contributed by atoms with E-state index in [9.17, 15) is 4.79 Å². The minimum Gasteiger partial charge on any atom is -0.334 e. The molecule has 4 aromatic rings. The molecule has 1 N–H and O–H groups in total. The van der Waals surface area contributed by atoms with Crippen molar-refractivity contribution in [2.45, 2.75) is 13.0 Å². The SMILES string of the molecule is CC1=C(c2nc(-c3cccs3)no2)C(c2ccc(Cl)cc2)NC(=O)N1c1ccccc1. The summed E-state index contributed by atoms with van der Waals surface area (Å²) >= 11 is 7.62. The lowest BCUT2D eigenvalue weighted by molar-refractivity contribution is 0.244. The van der Waals surface area contributed by atoms with Crippen LogP contribution in [-0.4, -0.2) is 16.2 Å². The van der Waals surface area contributed by atoms with Crippen LogP contribution >= 0.6 is 22.9 Å². The highest BCUT2D eigenvalue weighted by molar-refractivity contribution is 7.13. The maximum atomic E-state index is 13.1. The van der Waals surface area contributed by atoms with Gasteiger partial charge in [-0.05, 0) is 48.2 Å². The average molecular weight is 449 g/mol. The summed E-state index contributed by atoms with van der Waals surface area (Å²) in [6, 6.07) is 20.0. The molecule has 8 heteroatoms. The molecule has 1 aliphatic rings. The van der Waals surface area contributed by atoms with Crippen LogP contribution in [0.15, 0.2) is 82.3 Å². The highest BCUT2D eigenvalue weighted by Crippen LogP contribution is 2.39. The van der Waals surface area contributed by atoms with Gasteiger partial charge in [0.15, 0.2) is 0 Å². The van der Waals surface area contributed by atoms with Gasteiger partial charge in [0.2, 0.25) is 5.82 Å². The van der Waals surface area contributed by atoms with Crippen molar-refractivity contribution >= 4 is 40.2 Å². The quantitative estimate of drug-likeness (QED) is 0.406. The van der Waals surface area contributed by atoms with E-state index in [0.717, 1.165) is 27.4 Å². The predicted octanol–water partition coefficient (Wildman–Crippen LogP) is 6.15. The summed E-state index contributed by atoms with van der Waals surface area (Å²) in [4.78, 5) is 20.3. The summed E-state index contributed by atoms with van der Waals surface area (Å²) in [5, 5.41) is 9.83. The summed E-state index contributed by atoms with van der Waals surface area (Å²) in [6.45, 7) is 1.89. The first-order chi connectivity index (χ1) is 15.1. The number of thiophene rings is 1. The van der Waals surface area contributed by atoms with Gasteiger partial charge < -0.3 is 9.84 Å². The minimum atomic E-state index is -0.457. The van der Waals surface area contributed by atoms with Gasteiger partial charge in [0, 0.05) is 10.7 Å². The lowest BCUT2D eigenvalue weighted by atomic mass is 9.94. The second kappa shape index (κ2) is 8.02. The molecule has 3 heterocycles. The molecule has 0 aliphatic carbocycles. The van der Waals surface area contributed by atoms with Gasteiger partial charge in [-0.25, -0.2) is 4.79 Å². The van der Waals surface area contributed by atoms with E-state index in [4.69, 9.17) is 16.1 Å². The van der Waals surface area contributed by atoms with E-state index in [-0.39, 0.29) is 6.03 Å². The Labute approximate surface area is 187 Å². The Kier molecular flexibility index (Phi) is 5.05. The molecule has 2 aromatic carbocycles. The number of carbonyl (C=O) groups excluding carboxylic acids is 1. The van der Waals surface area contributed by atoms with Crippen molar-refractivity contribution in [2.75, 3.05) is 4.90 Å². The van der Waals surface area contributed by atoms with Crippen molar-refractivity contribution in [1.29, 1.82) is 0 Å². The van der Waals surface area contributed by atoms with E-state index < -0.39 is 6.04 Å². The number of hydrogen-bond acceptors (Lipinski definition) is 5. The zero-order valence-electron chi connectivity index (χ0n) is 16.4. The number of para-hydroxylation sites is 1. The molecule has 0 radical (unpaired) electrons. The molecule has 0 saturated carbocycles. The topological polar surface area (TPSA) is 71.3 Å². The maximum Gasteiger partial charge on any atom is 0.326 e. The third-order valence-electron chi connectivity index (χ3n) is 5.10. The Hall–Kier alpha value is -3.42. The summed E-state index contributed by atoms with van der Waals surface area (Å²) < 4.78 is 5.68. The highest BCUT2D eigenvalue weighted by Gasteiger charge is 2.36. The normalized spacial score (nSPS) is 16.5. The lowest BCUT2D eigenvalue weighted by Crippen LogP contribution is -2.46. The van der Waals surface area contributed by atoms with Crippen LogP contribution in [0, 0.1) is 0 Å². The predicted molar refractivity (Wildman–Crippen MR) is 122 cm³/mol. The monoisotopic (exact) mass is 448 g/mol. The van der Waals surface area contributed by atoms with Crippen LogP contribution in [0.1, 0.15) is 24.4 Å². The van der Waals surface area contributed by atoms with Gasteiger partial charge in [0.05, 0.1) is 22.2 Å².